The van der Waals surface area contributed by atoms with Gasteiger partial charge in [0, 0.05) is 25.7 Å². The second-order valence-corrected chi connectivity index (χ2v) is 6.42. The molecule has 0 aromatic heterocycles. The Kier molecular flexibility index (Phi) is 4.04. The molecule has 1 N–H and O–H groups in total. The lowest BCUT2D eigenvalue weighted by Crippen LogP contribution is -2.52. The number of benzene rings is 1. The van der Waals surface area contributed by atoms with Crippen LogP contribution in [0.1, 0.15) is 24.4 Å². The smallest absolute Gasteiger partial charge is 0.339 e. The van der Waals surface area contributed by atoms with Crippen molar-refractivity contribution in [2.24, 2.45) is 5.41 Å². The fourth-order valence-corrected chi connectivity index (χ4v) is 3.12. The lowest BCUT2D eigenvalue weighted by molar-refractivity contribution is -0.199. The minimum atomic E-state index is -4.51. The number of alkyl halides is 3. The quantitative estimate of drug-likeness (QED) is 0.830. The molecule has 1 aromatic rings. The van der Waals surface area contributed by atoms with Crippen molar-refractivity contribution in [1.82, 2.24) is 10.2 Å². The zero-order chi connectivity index (χ0) is 16.8. The van der Waals surface area contributed by atoms with Crippen LogP contribution in [0.15, 0.2) is 18.2 Å². The van der Waals surface area contributed by atoms with Gasteiger partial charge in [0.1, 0.15) is 11.2 Å². The van der Waals surface area contributed by atoms with Gasteiger partial charge in [-0.2, -0.15) is 13.2 Å². The fraction of sp³-hybridized carbons (Fsp3) is 0.533. The van der Waals surface area contributed by atoms with Gasteiger partial charge < -0.3 is 10.2 Å². The topological polar surface area (TPSA) is 32.3 Å². The number of carbonyl (C=O) groups is 1. The first-order valence-corrected chi connectivity index (χ1v) is 7.67. The number of rotatable bonds is 2. The Labute approximate surface area is 135 Å². The van der Waals surface area contributed by atoms with Crippen LogP contribution in [0.4, 0.5) is 17.6 Å². The summed E-state index contributed by atoms with van der Waals surface area (Å²) in [6.45, 7) is 0.708. The first kappa shape index (κ1) is 16.5. The van der Waals surface area contributed by atoms with Crippen molar-refractivity contribution < 1.29 is 22.4 Å². The van der Waals surface area contributed by atoms with Crippen LogP contribution in [0, 0.1) is 11.2 Å². The molecule has 1 atom stereocenters. The van der Waals surface area contributed by atoms with Gasteiger partial charge in [-0.25, -0.2) is 4.39 Å². The number of piperazine rings is 1. The van der Waals surface area contributed by atoms with Gasteiger partial charge in [0.25, 0.3) is 0 Å². The Hall–Kier alpha value is -1.34. The molecule has 1 aromatic carbocycles. The summed E-state index contributed by atoms with van der Waals surface area (Å²) in [6.07, 6.45) is -4.80. The second-order valence-electron chi connectivity index (χ2n) is 6.01. The van der Waals surface area contributed by atoms with E-state index in [2.05, 4.69) is 5.32 Å². The second kappa shape index (κ2) is 5.63. The molecule has 126 valence electrons. The fourth-order valence-electron chi connectivity index (χ4n) is 2.93. The average Bonchev–Trinajstić information content (AvgIpc) is 3.31. The Morgan fingerprint density at radius 3 is 2.61 bits per heavy atom. The Balaban J connectivity index is 1.76. The lowest BCUT2D eigenvalue weighted by atomic mass is 10.0. The molecule has 1 aliphatic heterocycles. The molecule has 1 heterocycles. The van der Waals surface area contributed by atoms with Gasteiger partial charge in [-0.05, 0) is 30.5 Å². The van der Waals surface area contributed by atoms with Crippen LogP contribution in [0.25, 0.3) is 0 Å². The molecule has 1 unspecified atom stereocenters. The number of hydrogen-bond acceptors (Lipinski definition) is 2. The number of hydrogen-bond donors (Lipinski definition) is 1. The zero-order valence-electron chi connectivity index (χ0n) is 12.1. The van der Waals surface area contributed by atoms with Gasteiger partial charge in [0.2, 0.25) is 5.91 Å². The third kappa shape index (κ3) is 2.92. The minimum Gasteiger partial charge on any atom is -0.339 e. The SMILES string of the molecule is O=C(N1CCNC(c2ccc(F)c(Cl)c2)C1)C1(C(F)(F)F)CC1. The predicted molar refractivity (Wildman–Crippen MR) is 76.5 cm³/mol. The van der Waals surface area contributed by atoms with E-state index >= 15 is 0 Å². The van der Waals surface area contributed by atoms with E-state index in [1.807, 2.05) is 0 Å². The molecule has 0 spiro atoms. The number of nitrogens with one attached hydrogen (secondary N) is 1. The maximum atomic E-state index is 13.2. The summed E-state index contributed by atoms with van der Waals surface area (Å²) in [4.78, 5) is 13.6. The summed E-state index contributed by atoms with van der Waals surface area (Å²) >= 11 is 5.74. The highest BCUT2D eigenvalue weighted by molar-refractivity contribution is 6.30. The molecular formula is C15H15ClF4N2O. The van der Waals surface area contributed by atoms with Gasteiger partial charge in [0.15, 0.2) is 0 Å². The molecule has 8 heteroatoms. The average molecular weight is 351 g/mol. The molecule has 2 fully saturated rings. The highest BCUT2D eigenvalue weighted by Gasteiger charge is 2.69. The summed E-state index contributed by atoms with van der Waals surface area (Å²) in [5, 5.41) is 3.07. The van der Waals surface area contributed by atoms with Gasteiger partial charge in [-0.15, -0.1) is 0 Å². The summed E-state index contributed by atoms with van der Waals surface area (Å²) in [6, 6.07) is 3.79. The zero-order valence-corrected chi connectivity index (χ0v) is 12.8. The van der Waals surface area contributed by atoms with Crippen molar-refractivity contribution in [1.29, 1.82) is 0 Å². The molecule has 3 rings (SSSR count). The van der Waals surface area contributed by atoms with Crippen molar-refractivity contribution in [3.8, 4) is 0 Å². The number of halogens is 5. The van der Waals surface area contributed by atoms with E-state index < -0.39 is 23.3 Å². The van der Waals surface area contributed by atoms with Crippen LogP contribution < -0.4 is 5.32 Å². The number of nitrogens with zero attached hydrogens (tertiary/aromatic N) is 1. The van der Waals surface area contributed by atoms with Gasteiger partial charge in [-0.1, -0.05) is 17.7 Å². The molecule has 1 amide bonds. The predicted octanol–water partition coefficient (Wildman–Crippen LogP) is 3.29. The van der Waals surface area contributed by atoms with Crippen molar-refractivity contribution in [3.63, 3.8) is 0 Å². The third-order valence-corrected chi connectivity index (χ3v) is 4.80. The van der Waals surface area contributed by atoms with E-state index in [1.54, 1.807) is 0 Å². The first-order chi connectivity index (χ1) is 10.7. The number of amides is 1. The molecule has 2 aliphatic rings. The Morgan fingerprint density at radius 2 is 2.04 bits per heavy atom. The van der Waals surface area contributed by atoms with Crippen molar-refractivity contribution in [3.05, 3.63) is 34.6 Å². The van der Waals surface area contributed by atoms with Crippen LogP contribution in [-0.2, 0) is 4.79 Å². The minimum absolute atomic E-state index is 0.0540. The highest BCUT2D eigenvalue weighted by atomic mass is 35.5. The monoisotopic (exact) mass is 350 g/mol. The van der Waals surface area contributed by atoms with E-state index in [0.29, 0.717) is 12.1 Å². The van der Waals surface area contributed by atoms with Crippen LogP contribution >= 0.6 is 11.6 Å². The van der Waals surface area contributed by atoms with E-state index in [1.165, 1.54) is 23.1 Å². The van der Waals surface area contributed by atoms with Crippen LogP contribution in [0.3, 0.4) is 0 Å². The maximum absolute atomic E-state index is 13.2. The highest BCUT2D eigenvalue weighted by Crippen LogP contribution is 2.58. The van der Waals surface area contributed by atoms with Crippen LogP contribution in [-0.4, -0.2) is 36.6 Å². The summed E-state index contributed by atoms with van der Waals surface area (Å²) in [5.41, 5.74) is -1.55. The summed E-state index contributed by atoms with van der Waals surface area (Å²) < 4.78 is 52.5. The van der Waals surface area contributed by atoms with Gasteiger partial charge >= 0.3 is 6.18 Å². The van der Waals surface area contributed by atoms with Crippen molar-refractivity contribution >= 4 is 17.5 Å². The molecule has 0 radical (unpaired) electrons. The van der Waals surface area contributed by atoms with Crippen molar-refractivity contribution in [2.45, 2.75) is 25.1 Å². The maximum Gasteiger partial charge on any atom is 0.403 e. The summed E-state index contributed by atoms with van der Waals surface area (Å²) in [5.74, 6) is -1.42. The number of carbonyl (C=O) groups excluding carboxylic acids is 1. The molecule has 0 bridgehead atoms. The largest absolute Gasteiger partial charge is 0.403 e. The lowest BCUT2D eigenvalue weighted by Gasteiger charge is -2.36. The summed E-state index contributed by atoms with van der Waals surface area (Å²) in [7, 11) is 0. The van der Waals surface area contributed by atoms with Crippen molar-refractivity contribution in [2.75, 3.05) is 19.6 Å². The van der Waals surface area contributed by atoms with E-state index in [9.17, 15) is 22.4 Å². The van der Waals surface area contributed by atoms with E-state index in [-0.39, 0.29) is 37.0 Å². The van der Waals surface area contributed by atoms with Gasteiger partial charge in [-0.3, -0.25) is 4.79 Å². The molecule has 23 heavy (non-hydrogen) atoms. The molecular weight excluding hydrogens is 336 g/mol. The molecule has 1 aliphatic carbocycles. The normalized spacial score (nSPS) is 23.7. The van der Waals surface area contributed by atoms with E-state index in [0.717, 1.165) is 0 Å². The third-order valence-electron chi connectivity index (χ3n) is 4.51. The molecule has 1 saturated heterocycles. The Bertz CT molecular complexity index is 630. The van der Waals surface area contributed by atoms with Crippen LogP contribution in [0.5, 0.6) is 0 Å². The first-order valence-electron chi connectivity index (χ1n) is 7.29. The van der Waals surface area contributed by atoms with Crippen LogP contribution in [0.2, 0.25) is 5.02 Å². The standard InChI is InChI=1S/C15H15ClF4N2O/c16-10-7-9(1-2-11(10)17)12-8-22(6-5-21-12)13(23)14(3-4-14)15(18,19)20/h1-2,7,12,21H,3-6,8H2. The molecule has 3 nitrogen and oxygen atoms in total. The van der Waals surface area contributed by atoms with Gasteiger partial charge in [0.05, 0.1) is 5.02 Å². The Morgan fingerprint density at radius 1 is 1.35 bits per heavy atom. The molecule has 1 saturated carbocycles. The van der Waals surface area contributed by atoms with E-state index in [4.69, 9.17) is 11.6 Å².